The lowest BCUT2D eigenvalue weighted by atomic mass is 10.0. The van der Waals surface area contributed by atoms with Gasteiger partial charge in [0.15, 0.2) is 0 Å². The quantitative estimate of drug-likeness (QED) is 0.855. The molecule has 0 spiro atoms. The van der Waals surface area contributed by atoms with Crippen molar-refractivity contribution in [2.24, 2.45) is 11.7 Å². The second kappa shape index (κ2) is 5.39. The molecule has 0 aliphatic heterocycles. The average molecular weight is 284 g/mol. The van der Waals surface area contributed by atoms with Gasteiger partial charge in [-0.05, 0) is 36.2 Å². The molecule has 2 N–H and O–H groups in total. The summed E-state index contributed by atoms with van der Waals surface area (Å²) >= 11 is 7.66. The SMILES string of the molecule is CC(C)C(N)c1ccc(-c2cc(F)ccc2Cl)s1. The Hall–Kier alpha value is -0.900. The van der Waals surface area contributed by atoms with Crippen molar-refractivity contribution in [3.63, 3.8) is 0 Å². The number of benzene rings is 1. The second-order valence-corrected chi connectivity index (χ2v) is 6.12. The van der Waals surface area contributed by atoms with Gasteiger partial charge in [-0.3, -0.25) is 0 Å². The van der Waals surface area contributed by atoms with Crippen LogP contribution >= 0.6 is 22.9 Å². The van der Waals surface area contributed by atoms with Crippen LogP contribution in [0.3, 0.4) is 0 Å². The molecular weight excluding hydrogens is 269 g/mol. The van der Waals surface area contributed by atoms with E-state index in [1.165, 1.54) is 12.1 Å². The second-order valence-electron chi connectivity index (χ2n) is 4.60. The fraction of sp³-hybridized carbons (Fsp3) is 0.286. The van der Waals surface area contributed by atoms with Crippen LogP contribution in [-0.2, 0) is 0 Å². The first-order valence-corrected chi connectivity index (χ1v) is 6.99. The van der Waals surface area contributed by atoms with Crippen molar-refractivity contribution in [3.8, 4) is 10.4 Å². The van der Waals surface area contributed by atoms with Crippen LogP contribution in [0.5, 0.6) is 0 Å². The van der Waals surface area contributed by atoms with Gasteiger partial charge in [0.2, 0.25) is 0 Å². The van der Waals surface area contributed by atoms with E-state index in [-0.39, 0.29) is 11.9 Å². The molecule has 0 saturated carbocycles. The maximum absolute atomic E-state index is 13.2. The van der Waals surface area contributed by atoms with Gasteiger partial charge in [0.25, 0.3) is 0 Å². The topological polar surface area (TPSA) is 26.0 Å². The Labute approximate surface area is 115 Å². The first kappa shape index (κ1) is 13.5. The minimum absolute atomic E-state index is 0.0103. The number of thiophene rings is 1. The molecule has 0 amide bonds. The molecule has 0 bridgehead atoms. The number of hydrogen-bond donors (Lipinski definition) is 1. The zero-order valence-corrected chi connectivity index (χ0v) is 11.9. The molecular formula is C14H15ClFNS. The lowest BCUT2D eigenvalue weighted by molar-refractivity contribution is 0.521. The van der Waals surface area contributed by atoms with Gasteiger partial charge in [-0.15, -0.1) is 11.3 Å². The van der Waals surface area contributed by atoms with E-state index in [1.807, 2.05) is 12.1 Å². The van der Waals surface area contributed by atoms with Crippen LogP contribution in [0, 0.1) is 11.7 Å². The number of halogens is 2. The highest BCUT2D eigenvalue weighted by Gasteiger charge is 2.14. The number of hydrogen-bond acceptors (Lipinski definition) is 2. The first-order chi connectivity index (χ1) is 8.49. The van der Waals surface area contributed by atoms with Crippen molar-refractivity contribution in [2.75, 3.05) is 0 Å². The molecule has 4 heteroatoms. The maximum Gasteiger partial charge on any atom is 0.123 e. The van der Waals surface area contributed by atoms with Gasteiger partial charge in [0.05, 0.1) is 0 Å². The summed E-state index contributed by atoms with van der Waals surface area (Å²) in [5.74, 6) is 0.0944. The van der Waals surface area contributed by atoms with Gasteiger partial charge >= 0.3 is 0 Å². The summed E-state index contributed by atoms with van der Waals surface area (Å²) in [5, 5.41) is 0.558. The molecule has 1 aromatic carbocycles. The maximum atomic E-state index is 13.2. The van der Waals surface area contributed by atoms with E-state index in [2.05, 4.69) is 13.8 Å². The molecule has 0 fully saturated rings. The fourth-order valence-electron chi connectivity index (χ4n) is 1.69. The summed E-state index contributed by atoms with van der Waals surface area (Å²) in [4.78, 5) is 2.05. The zero-order valence-electron chi connectivity index (χ0n) is 10.3. The van der Waals surface area contributed by atoms with Crippen LogP contribution in [0.4, 0.5) is 4.39 Å². The Morgan fingerprint density at radius 1 is 1.22 bits per heavy atom. The van der Waals surface area contributed by atoms with E-state index in [4.69, 9.17) is 17.3 Å². The van der Waals surface area contributed by atoms with Gasteiger partial charge in [-0.1, -0.05) is 25.4 Å². The largest absolute Gasteiger partial charge is 0.323 e. The zero-order chi connectivity index (χ0) is 13.3. The summed E-state index contributed by atoms with van der Waals surface area (Å²) in [5.41, 5.74) is 6.83. The van der Waals surface area contributed by atoms with E-state index >= 15 is 0 Å². The number of rotatable bonds is 3. The van der Waals surface area contributed by atoms with Gasteiger partial charge in [-0.2, -0.15) is 0 Å². The van der Waals surface area contributed by atoms with Crippen molar-refractivity contribution in [3.05, 3.63) is 46.0 Å². The van der Waals surface area contributed by atoms with Crippen molar-refractivity contribution >= 4 is 22.9 Å². The summed E-state index contributed by atoms with van der Waals surface area (Å²) in [6.07, 6.45) is 0. The molecule has 1 aromatic heterocycles. The first-order valence-electron chi connectivity index (χ1n) is 5.79. The van der Waals surface area contributed by atoms with E-state index in [1.54, 1.807) is 17.4 Å². The molecule has 1 nitrogen and oxygen atoms in total. The van der Waals surface area contributed by atoms with E-state index in [0.29, 0.717) is 10.9 Å². The molecule has 96 valence electrons. The van der Waals surface area contributed by atoms with Gasteiger partial charge < -0.3 is 5.73 Å². The van der Waals surface area contributed by atoms with Crippen molar-refractivity contribution in [1.29, 1.82) is 0 Å². The lowest BCUT2D eigenvalue weighted by Gasteiger charge is -2.12. The Bertz CT molecular complexity index is 550. The number of nitrogens with two attached hydrogens (primary N) is 1. The standard InChI is InChI=1S/C14H15ClFNS/c1-8(2)14(17)13-6-5-12(18-13)10-7-9(16)3-4-11(10)15/h3-8,14H,17H2,1-2H3. The Balaban J connectivity index is 2.38. The van der Waals surface area contributed by atoms with Crippen LogP contribution in [-0.4, -0.2) is 0 Å². The van der Waals surface area contributed by atoms with Crippen LogP contribution in [0.2, 0.25) is 5.02 Å². The Morgan fingerprint density at radius 2 is 1.94 bits per heavy atom. The summed E-state index contributed by atoms with van der Waals surface area (Å²) in [7, 11) is 0. The third-order valence-electron chi connectivity index (χ3n) is 2.87. The summed E-state index contributed by atoms with van der Waals surface area (Å²) in [6, 6.07) is 8.35. The predicted molar refractivity (Wildman–Crippen MR) is 76.5 cm³/mol. The van der Waals surface area contributed by atoms with Crippen LogP contribution in [0.15, 0.2) is 30.3 Å². The third-order valence-corrected chi connectivity index (χ3v) is 4.42. The predicted octanol–water partition coefficient (Wildman–Crippen LogP) is 4.86. The molecule has 2 rings (SSSR count). The van der Waals surface area contributed by atoms with Crippen molar-refractivity contribution in [1.82, 2.24) is 0 Å². The molecule has 1 atom stereocenters. The molecule has 0 aliphatic rings. The highest BCUT2D eigenvalue weighted by molar-refractivity contribution is 7.15. The summed E-state index contributed by atoms with van der Waals surface area (Å²) in [6.45, 7) is 4.17. The van der Waals surface area contributed by atoms with Crippen molar-refractivity contribution < 1.29 is 4.39 Å². The fourth-order valence-corrected chi connectivity index (χ4v) is 3.18. The van der Waals surface area contributed by atoms with Gasteiger partial charge in [0.1, 0.15) is 5.82 Å². The highest BCUT2D eigenvalue weighted by atomic mass is 35.5. The molecule has 0 saturated heterocycles. The molecule has 18 heavy (non-hydrogen) atoms. The highest BCUT2D eigenvalue weighted by Crippen LogP contribution is 2.36. The minimum atomic E-state index is -0.280. The van der Waals surface area contributed by atoms with Crippen molar-refractivity contribution in [2.45, 2.75) is 19.9 Å². The smallest absolute Gasteiger partial charge is 0.123 e. The summed E-state index contributed by atoms with van der Waals surface area (Å²) < 4.78 is 13.2. The minimum Gasteiger partial charge on any atom is -0.323 e. The van der Waals surface area contributed by atoms with E-state index in [9.17, 15) is 4.39 Å². The van der Waals surface area contributed by atoms with E-state index < -0.39 is 0 Å². The normalized spacial score (nSPS) is 13.0. The van der Waals surface area contributed by atoms with Gasteiger partial charge in [-0.25, -0.2) is 4.39 Å². The van der Waals surface area contributed by atoms with Crippen LogP contribution in [0.25, 0.3) is 10.4 Å². The molecule has 2 aromatic rings. The molecule has 1 heterocycles. The molecule has 0 radical (unpaired) electrons. The van der Waals surface area contributed by atoms with Gasteiger partial charge in [0, 0.05) is 26.4 Å². The Morgan fingerprint density at radius 3 is 2.61 bits per heavy atom. The third kappa shape index (κ3) is 2.74. The van der Waals surface area contributed by atoms with Crippen LogP contribution in [0.1, 0.15) is 24.8 Å². The lowest BCUT2D eigenvalue weighted by Crippen LogP contribution is -2.14. The Kier molecular flexibility index (Phi) is 4.05. The average Bonchev–Trinajstić information content (AvgIpc) is 2.80. The molecule has 0 aliphatic carbocycles. The van der Waals surface area contributed by atoms with E-state index in [0.717, 1.165) is 15.3 Å². The monoisotopic (exact) mass is 283 g/mol. The van der Waals surface area contributed by atoms with Crippen LogP contribution < -0.4 is 5.73 Å². The molecule has 1 unspecified atom stereocenters.